The Morgan fingerprint density at radius 3 is 1.81 bits per heavy atom. The van der Waals surface area contributed by atoms with E-state index in [0.29, 0.717) is 29.4 Å². The van der Waals surface area contributed by atoms with E-state index in [4.69, 9.17) is 12.2 Å². The van der Waals surface area contributed by atoms with Crippen molar-refractivity contribution < 1.29 is 46.0 Å². The number of fused-ring (bicyclic) bond motifs is 1. The molecule has 14 nitrogen and oxygen atoms in total. The van der Waals surface area contributed by atoms with Crippen LogP contribution in [0.3, 0.4) is 0 Å². The van der Waals surface area contributed by atoms with Gasteiger partial charge in [0.1, 0.15) is 22.1 Å². The maximum absolute atomic E-state index is 11.7. The molecule has 10 N–H and O–H groups in total. The number of rotatable bonds is 6. The highest BCUT2D eigenvalue weighted by Gasteiger charge is 2.19. The third-order valence-corrected chi connectivity index (χ3v) is 9.95. The Balaban J connectivity index is 0.000000233. The maximum atomic E-state index is 11.7. The van der Waals surface area contributed by atoms with Gasteiger partial charge in [-0.3, -0.25) is 4.79 Å². The highest BCUT2D eigenvalue weighted by molar-refractivity contribution is 14.1. The van der Waals surface area contributed by atoms with Gasteiger partial charge in [0.2, 0.25) is 0 Å². The van der Waals surface area contributed by atoms with Gasteiger partial charge in [-0.2, -0.15) is 10.5 Å². The van der Waals surface area contributed by atoms with Crippen LogP contribution in [0.1, 0.15) is 21.7 Å². The molecule has 0 fully saturated rings. The molecule has 264 valence electrons. The number of hydrogen-bond acceptors (Lipinski definition) is 15. The van der Waals surface area contributed by atoms with Crippen molar-refractivity contribution in [2.24, 2.45) is 0 Å². The number of nitrogens with zero attached hydrogens (tertiary/aromatic N) is 3. The van der Waals surface area contributed by atoms with Crippen molar-refractivity contribution >= 4 is 91.5 Å². The van der Waals surface area contributed by atoms with Crippen molar-refractivity contribution in [3.05, 3.63) is 93.3 Å². The molecule has 5 rings (SSSR count). The molecule has 0 atom stereocenters. The normalized spacial score (nSPS) is 11.2. The van der Waals surface area contributed by atoms with Gasteiger partial charge in [-0.1, -0.05) is 12.2 Å². The molecule has 3 aromatic carbocycles. The van der Waals surface area contributed by atoms with E-state index in [1.54, 1.807) is 12.1 Å². The third-order valence-electron chi connectivity index (χ3n) is 6.79. The second-order valence-electron chi connectivity index (χ2n) is 10.4. The van der Waals surface area contributed by atoms with Crippen LogP contribution in [0.15, 0.2) is 59.0 Å². The molecule has 52 heavy (non-hydrogen) atoms. The average molecular weight is 965 g/mol. The minimum absolute atomic E-state index is 0.0949. The van der Waals surface area contributed by atoms with Crippen molar-refractivity contribution in [3.63, 3.8) is 0 Å². The first kappa shape index (κ1) is 39.2. The molecule has 0 radical (unpaired) electrons. The molecular formula is C34H22I2N4O10S2. The molecule has 18 heteroatoms. The van der Waals surface area contributed by atoms with Gasteiger partial charge in [-0.15, -0.1) is 11.3 Å². The average Bonchev–Trinajstić information content (AvgIpc) is 3.11. The van der Waals surface area contributed by atoms with Gasteiger partial charge in [-0.25, -0.2) is 4.98 Å². The van der Waals surface area contributed by atoms with E-state index in [-0.39, 0.29) is 55.6 Å². The van der Waals surface area contributed by atoms with Crippen LogP contribution >= 0.6 is 68.7 Å². The lowest BCUT2D eigenvalue weighted by atomic mass is 10.1. The Bertz CT molecular complexity index is 2350. The van der Waals surface area contributed by atoms with Crippen LogP contribution in [-0.2, 0) is 6.54 Å². The van der Waals surface area contributed by atoms with Crippen molar-refractivity contribution in [1.82, 2.24) is 10.3 Å². The second kappa shape index (κ2) is 16.6. The molecule has 1 aliphatic heterocycles. The van der Waals surface area contributed by atoms with Gasteiger partial charge in [0.15, 0.2) is 51.7 Å². The summed E-state index contributed by atoms with van der Waals surface area (Å²) in [7, 11) is 0. The van der Waals surface area contributed by atoms with Crippen LogP contribution in [0, 0.1) is 29.8 Å². The fourth-order valence-corrected chi connectivity index (χ4v) is 6.64. The summed E-state index contributed by atoms with van der Waals surface area (Å²) in [5.41, 5.74) is 1.11. The highest BCUT2D eigenvalue weighted by atomic mass is 127. The number of aromatic nitrogens is 1. The lowest BCUT2D eigenvalue weighted by Crippen LogP contribution is -2.22. The van der Waals surface area contributed by atoms with Crippen LogP contribution in [0.4, 0.5) is 0 Å². The lowest BCUT2D eigenvalue weighted by Gasteiger charge is -2.09. The maximum Gasteiger partial charge on any atom is 0.263 e. The zero-order chi connectivity index (χ0) is 38.4. The molecule has 0 aromatic heterocycles. The van der Waals surface area contributed by atoms with Crippen molar-refractivity contribution in [2.75, 3.05) is 0 Å². The summed E-state index contributed by atoms with van der Waals surface area (Å²) in [5, 5.41) is 108. The quantitative estimate of drug-likeness (QED) is 0.0310. The zero-order valence-corrected chi connectivity index (χ0v) is 31.8. The number of benzene rings is 4. The third kappa shape index (κ3) is 9.02. The fraction of sp³-hybridized carbons (Fsp3) is 0.0294. The number of thiocarbonyl (C=S) groups is 1. The SMILES string of the molecule is N#C/C(=C\c1cc(O)c(O)c(I)c1)C(=S)NCc1cc(O)c(O)c(O)c1.N#C/C(=C\c1cc(O)c(O)c(I)c1)c1ncc2cc(O)c(=O)c(O)c-2s1. The topological polar surface area (TPSA) is 272 Å². The molecule has 1 heterocycles. The number of phenols is 9. The molecule has 0 saturated carbocycles. The van der Waals surface area contributed by atoms with E-state index in [1.807, 2.05) is 57.3 Å². The van der Waals surface area contributed by atoms with E-state index in [9.17, 15) is 61.3 Å². The molecular weight excluding hydrogens is 942 g/mol. The van der Waals surface area contributed by atoms with Crippen molar-refractivity contribution in [2.45, 2.75) is 6.54 Å². The summed E-state index contributed by atoms with van der Waals surface area (Å²) < 4.78 is 0.825. The van der Waals surface area contributed by atoms with E-state index in [1.165, 1.54) is 48.7 Å². The van der Waals surface area contributed by atoms with Gasteiger partial charge in [-0.05, 0) is 116 Å². The number of allylic oxidation sites excluding steroid dienone is 1. The van der Waals surface area contributed by atoms with Crippen LogP contribution in [0.25, 0.3) is 28.2 Å². The molecule has 0 saturated heterocycles. The summed E-state index contributed by atoms with van der Waals surface area (Å²) in [6.07, 6.45) is 4.24. The van der Waals surface area contributed by atoms with Crippen LogP contribution in [0.5, 0.6) is 51.7 Å². The first-order valence-electron chi connectivity index (χ1n) is 14.1. The number of halogens is 2. The smallest absolute Gasteiger partial charge is 0.263 e. The van der Waals surface area contributed by atoms with Gasteiger partial charge in [0, 0.05) is 18.3 Å². The van der Waals surface area contributed by atoms with Crippen LogP contribution in [-0.4, -0.2) is 55.9 Å². The van der Waals surface area contributed by atoms with E-state index >= 15 is 0 Å². The predicted molar refractivity (Wildman–Crippen MR) is 211 cm³/mol. The number of nitriles is 2. The van der Waals surface area contributed by atoms with Gasteiger partial charge in [0.25, 0.3) is 5.43 Å². The molecule has 0 amide bonds. The van der Waals surface area contributed by atoms with E-state index in [2.05, 4.69) is 10.3 Å². The summed E-state index contributed by atoms with van der Waals surface area (Å²) in [6.45, 7) is 0.0949. The van der Waals surface area contributed by atoms with Gasteiger partial charge in [0.05, 0.1) is 23.2 Å². The molecule has 0 bridgehead atoms. The van der Waals surface area contributed by atoms with Crippen molar-refractivity contribution in [1.29, 1.82) is 10.5 Å². The minimum Gasteiger partial charge on any atom is -0.504 e. The highest BCUT2D eigenvalue weighted by Crippen LogP contribution is 2.39. The second-order valence-corrected chi connectivity index (χ2v) is 14.1. The summed E-state index contributed by atoms with van der Waals surface area (Å²) in [5.74, 6) is -3.88. The molecule has 0 spiro atoms. The van der Waals surface area contributed by atoms with Crippen LogP contribution < -0.4 is 10.7 Å². The number of phenolic OH excluding ortho intramolecular Hbond substituents is 9. The monoisotopic (exact) mass is 964 g/mol. The zero-order valence-electron chi connectivity index (χ0n) is 25.8. The Labute approximate surface area is 330 Å². The summed E-state index contributed by atoms with van der Waals surface area (Å²) in [6, 6.07) is 13.4. The van der Waals surface area contributed by atoms with Crippen molar-refractivity contribution in [3.8, 4) is 74.3 Å². The van der Waals surface area contributed by atoms with Gasteiger partial charge >= 0.3 is 0 Å². The van der Waals surface area contributed by atoms with Crippen LogP contribution in [0.2, 0.25) is 0 Å². The molecule has 0 unspecified atom stereocenters. The molecule has 3 aromatic rings. The molecule has 1 aliphatic carbocycles. The minimum atomic E-state index is -0.897. The lowest BCUT2D eigenvalue weighted by molar-refractivity contribution is 0.367. The predicted octanol–water partition coefficient (Wildman–Crippen LogP) is 5.94. The largest absolute Gasteiger partial charge is 0.504 e. The Kier molecular flexibility index (Phi) is 12.6. The first-order valence-corrected chi connectivity index (χ1v) is 17.5. The van der Waals surface area contributed by atoms with E-state index in [0.717, 1.165) is 11.3 Å². The number of nitrogens with one attached hydrogen (secondary N) is 1. The van der Waals surface area contributed by atoms with E-state index < -0.39 is 34.2 Å². The summed E-state index contributed by atoms with van der Waals surface area (Å²) >= 11 is 9.78. The molecule has 2 aliphatic rings. The number of aromatic hydroxyl groups is 9. The summed E-state index contributed by atoms with van der Waals surface area (Å²) in [4.78, 5) is 16.1. The Morgan fingerprint density at radius 2 is 1.29 bits per heavy atom. The Morgan fingerprint density at radius 1 is 0.750 bits per heavy atom. The standard InChI is InChI=1S/C17H9IN2O5S.C17H13IN2O5S/c18-10-2-7(3-11(21)13(10)23)1-8(5-19)17-20-6-9-4-12(22)14(24)15(25)16(9)26-17;18-11-2-8(3-12(21)15(11)24)1-10(6-19)17(26)20-7-9-4-13(22)16(25)14(23)5-9/h1-4,6,21-23,25H;1-5,21-25H,7H2,(H,20,26)/b8-1+;10-1+. The number of hydrogen-bond donors (Lipinski definition) is 10. The van der Waals surface area contributed by atoms with Gasteiger partial charge < -0.3 is 51.3 Å². The fourth-order valence-electron chi connectivity index (χ4n) is 4.26. The first-order chi connectivity index (χ1) is 24.5. The Hall–Kier alpha value is -5.55.